The summed E-state index contributed by atoms with van der Waals surface area (Å²) in [7, 11) is 0. The maximum absolute atomic E-state index is 12.0. The molecule has 0 saturated carbocycles. The van der Waals surface area contributed by atoms with Crippen LogP contribution < -0.4 is 11.1 Å². The number of benzene rings is 1. The number of carbonyl (C=O) groups is 2. The number of rotatable bonds is 6. The van der Waals surface area contributed by atoms with Crippen LogP contribution in [0.25, 0.3) is 6.08 Å². The molecule has 3 N–H and O–H groups in total. The number of aromatic nitrogens is 2. The van der Waals surface area contributed by atoms with Crippen molar-refractivity contribution in [2.75, 3.05) is 5.32 Å². The standard InChI is InChI=1S/C15H15N5O4/c1-2-19-9-12(14(18-19)15(16)22)17-13(21)7-6-10-4-3-5-11(8-10)20(23)24/h3-9H,2H2,1H3,(H2,16,22)(H,17,21)/b7-6+. The molecule has 2 aromatic rings. The van der Waals surface area contributed by atoms with Gasteiger partial charge in [0.25, 0.3) is 11.6 Å². The first-order valence-corrected chi connectivity index (χ1v) is 7.01. The van der Waals surface area contributed by atoms with Crippen molar-refractivity contribution >= 4 is 29.3 Å². The SMILES string of the molecule is CCn1cc(NC(=O)/C=C/c2cccc([N+](=O)[O-])c2)c(C(N)=O)n1. The Kier molecular flexibility index (Phi) is 5.05. The van der Waals surface area contributed by atoms with Crippen LogP contribution in [0.2, 0.25) is 0 Å². The van der Waals surface area contributed by atoms with Crippen LogP contribution in [0, 0.1) is 10.1 Å². The molecule has 0 saturated heterocycles. The van der Waals surface area contributed by atoms with Gasteiger partial charge in [-0.1, -0.05) is 12.1 Å². The minimum atomic E-state index is -0.750. The number of amides is 2. The van der Waals surface area contributed by atoms with Crippen molar-refractivity contribution in [1.82, 2.24) is 9.78 Å². The minimum absolute atomic E-state index is 0.0334. The number of nitro groups is 1. The average Bonchev–Trinajstić information content (AvgIpc) is 2.96. The van der Waals surface area contributed by atoms with E-state index in [-0.39, 0.29) is 17.1 Å². The van der Waals surface area contributed by atoms with Gasteiger partial charge in [0.05, 0.1) is 10.6 Å². The van der Waals surface area contributed by atoms with Crippen molar-refractivity contribution < 1.29 is 14.5 Å². The number of carbonyl (C=O) groups excluding carboxylic acids is 2. The molecule has 124 valence electrons. The number of hydrogen-bond acceptors (Lipinski definition) is 5. The number of nitrogens with one attached hydrogen (secondary N) is 1. The highest BCUT2D eigenvalue weighted by molar-refractivity contribution is 6.06. The number of nitrogens with two attached hydrogens (primary N) is 1. The first-order valence-electron chi connectivity index (χ1n) is 7.01. The summed E-state index contributed by atoms with van der Waals surface area (Å²) < 4.78 is 1.47. The van der Waals surface area contributed by atoms with E-state index in [9.17, 15) is 19.7 Å². The molecule has 0 aliphatic rings. The van der Waals surface area contributed by atoms with Crippen molar-refractivity contribution in [3.05, 3.63) is 57.9 Å². The molecular formula is C15H15N5O4. The third-order valence-corrected chi connectivity index (χ3v) is 3.09. The first kappa shape index (κ1) is 16.9. The molecule has 0 atom stereocenters. The summed E-state index contributed by atoms with van der Waals surface area (Å²) in [5, 5.41) is 17.2. The molecule has 0 aliphatic heterocycles. The van der Waals surface area contributed by atoms with E-state index < -0.39 is 16.7 Å². The molecule has 2 rings (SSSR count). The Hall–Kier alpha value is -3.49. The fourth-order valence-electron chi connectivity index (χ4n) is 1.95. The monoisotopic (exact) mass is 329 g/mol. The van der Waals surface area contributed by atoms with Crippen LogP contribution in [-0.4, -0.2) is 26.5 Å². The lowest BCUT2D eigenvalue weighted by Gasteiger charge is -1.99. The highest BCUT2D eigenvalue weighted by Crippen LogP contribution is 2.15. The smallest absolute Gasteiger partial charge is 0.271 e. The van der Waals surface area contributed by atoms with E-state index in [1.807, 2.05) is 6.92 Å². The maximum atomic E-state index is 12.0. The van der Waals surface area contributed by atoms with Crippen LogP contribution >= 0.6 is 0 Å². The minimum Gasteiger partial charge on any atom is -0.364 e. The number of primary amides is 1. The number of non-ortho nitro benzene ring substituents is 1. The lowest BCUT2D eigenvalue weighted by Crippen LogP contribution is -2.16. The molecule has 0 aliphatic carbocycles. The Morgan fingerprint density at radius 3 is 2.83 bits per heavy atom. The van der Waals surface area contributed by atoms with Gasteiger partial charge in [0, 0.05) is 31.0 Å². The summed E-state index contributed by atoms with van der Waals surface area (Å²) >= 11 is 0. The van der Waals surface area contributed by atoms with Crippen LogP contribution in [0.3, 0.4) is 0 Å². The lowest BCUT2D eigenvalue weighted by molar-refractivity contribution is -0.384. The van der Waals surface area contributed by atoms with Crippen molar-refractivity contribution in [3.8, 4) is 0 Å². The van der Waals surface area contributed by atoms with E-state index in [1.54, 1.807) is 6.07 Å². The van der Waals surface area contributed by atoms with Crippen molar-refractivity contribution in [3.63, 3.8) is 0 Å². The molecular weight excluding hydrogens is 314 g/mol. The van der Waals surface area contributed by atoms with E-state index >= 15 is 0 Å². The summed E-state index contributed by atoms with van der Waals surface area (Å²) in [6, 6.07) is 5.84. The van der Waals surface area contributed by atoms with E-state index in [2.05, 4.69) is 10.4 Å². The topological polar surface area (TPSA) is 133 Å². The summed E-state index contributed by atoms with van der Waals surface area (Å²) in [6.45, 7) is 2.34. The Morgan fingerprint density at radius 1 is 1.46 bits per heavy atom. The van der Waals surface area contributed by atoms with Gasteiger partial charge in [-0.15, -0.1) is 0 Å². The largest absolute Gasteiger partial charge is 0.364 e. The van der Waals surface area contributed by atoms with Gasteiger partial charge in [0.1, 0.15) is 0 Å². The molecule has 1 aromatic carbocycles. The van der Waals surface area contributed by atoms with E-state index in [0.29, 0.717) is 12.1 Å². The number of anilines is 1. The van der Waals surface area contributed by atoms with E-state index in [1.165, 1.54) is 41.2 Å². The van der Waals surface area contributed by atoms with E-state index in [0.717, 1.165) is 0 Å². The van der Waals surface area contributed by atoms with Crippen LogP contribution in [0.1, 0.15) is 23.0 Å². The van der Waals surface area contributed by atoms with Gasteiger partial charge in [-0.3, -0.25) is 24.4 Å². The first-order chi connectivity index (χ1) is 11.4. The quantitative estimate of drug-likeness (QED) is 0.471. The zero-order valence-corrected chi connectivity index (χ0v) is 12.8. The maximum Gasteiger partial charge on any atom is 0.271 e. The summed E-state index contributed by atoms with van der Waals surface area (Å²) in [4.78, 5) is 33.5. The molecule has 1 aromatic heterocycles. The second kappa shape index (κ2) is 7.18. The third-order valence-electron chi connectivity index (χ3n) is 3.09. The second-order valence-corrected chi connectivity index (χ2v) is 4.79. The lowest BCUT2D eigenvalue weighted by atomic mass is 10.2. The Labute approximate surface area is 136 Å². The van der Waals surface area contributed by atoms with Gasteiger partial charge >= 0.3 is 0 Å². The van der Waals surface area contributed by atoms with Crippen molar-refractivity contribution in [1.29, 1.82) is 0 Å². The zero-order chi connectivity index (χ0) is 17.7. The van der Waals surface area contributed by atoms with Crippen LogP contribution in [0.5, 0.6) is 0 Å². The van der Waals surface area contributed by atoms with E-state index in [4.69, 9.17) is 5.73 Å². The fourth-order valence-corrected chi connectivity index (χ4v) is 1.95. The predicted octanol–water partition coefficient (Wildman–Crippen LogP) is 1.56. The number of aryl methyl sites for hydroxylation is 1. The normalized spacial score (nSPS) is 10.7. The zero-order valence-electron chi connectivity index (χ0n) is 12.8. The molecule has 0 spiro atoms. The number of nitrogens with zero attached hydrogens (tertiary/aromatic N) is 3. The van der Waals surface area contributed by atoms with Crippen molar-refractivity contribution in [2.45, 2.75) is 13.5 Å². The Bertz CT molecular complexity index is 825. The van der Waals surface area contributed by atoms with Crippen LogP contribution in [0.15, 0.2) is 36.5 Å². The second-order valence-electron chi connectivity index (χ2n) is 4.79. The number of nitro benzene ring substituents is 1. The van der Waals surface area contributed by atoms with Crippen LogP contribution in [-0.2, 0) is 11.3 Å². The van der Waals surface area contributed by atoms with Crippen molar-refractivity contribution in [2.24, 2.45) is 5.73 Å². The fraction of sp³-hybridized carbons (Fsp3) is 0.133. The van der Waals surface area contributed by atoms with Gasteiger partial charge in [0.2, 0.25) is 5.91 Å². The average molecular weight is 329 g/mol. The molecule has 0 fully saturated rings. The summed E-state index contributed by atoms with van der Waals surface area (Å²) in [5.74, 6) is -1.26. The molecule has 24 heavy (non-hydrogen) atoms. The molecule has 0 unspecified atom stereocenters. The Balaban J connectivity index is 2.13. The van der Waals surface area contributed by atoms with Gasteiger partial charge < -0.3 is 11.1 Å². The molecule has 1 heterocycles. The third kappa shape index (κ3) is 4.03. The predicted molar refractivity (Wildman–Crippen MR) is 87.2 cm³/mol. The Morgan fingerprint density at radius 2 is 2.21 bits per heavy atom. The number of hydrogen-bond donors (Lipinski definition) is 2. The van der Waals surface area contributed by atoms with Gasteiger partial charge in [-0.25, -0.2) is 0 Å². The summed E-state index contributed by atoms with van der Waals surface area (Å²) in [5.41, 5.74) is 5.82. The van der Waals surface area contributed by atoms with Gasteiger partial charge in [0.15, 0.2) is 5.69 Å². The molecule has 2 amide bonds. The molecule has 9 heteroatoms. The molecule has 0 bridgehead atoms. The molecule has 9 nitrogen and oxygen atoms in total. The highest BCUT2D eigenvalue weighted by Gasteiger charge is 2.15. The van der Waals surface area contributed by atoms with Crippen LogP contribution in [0.4, 0.5) is 11.4 Å². The highest BCUT2D eigenvalue weighted by atomic mass is 16.6. The van der Waals surface area contributed by atoms with Gasteiger partial charge in [-0.05, 0) is 18.6 Å². The van der Waals surface area contributed by atoms with Gasteiger partial charge in [-0.2, -0.15) is 5.10 Å². The summed E-state index contributed by atoms with van der Waals surface area (Å²) in [6.07, 6.45) is 4.13. The molecule has 0 radical (unpaired) electrons.